The quantitative estimate of drug-likeness (QED) is 0.0556. The Balaban J connectivity index is 1.31. The molecule has 55 heavy (non-hydrogen) atoms. The number of primary amides is 1. The van der Waals surface area contributed by atoms with Gasteiger partial charge in [-0.25, -0.2) is 15.4 Å². The van der Waals surface area contributed by atoms with Crippen LogP contribution in [0.2, 0.25) is 0 Å². The van der Waals surface area contributed by atoms with Crippen LogP contribution in [-0.2, 0) is 9.63 Å². The number of nitrogens with one attached hydrogen (secondary N) is 2. The summed E-state index contributed by atoms with van der Waals surface area (Å²) >= 11 is 1.40. The van der Waals surface area contributed by atoms with Gasteiger partial charge in [0, 0.05) is 47.8 Å². The summed E-state index contributed by atoms with van der Waals surface area (Å²) in [5, 5.41) is 3.44. The van der Waals surface area contributed by atoms with Crippen molar-refractivity contribution in [2.75, 3.05) is 18.9 Å². The zero-order valence-corrected chi connectivity index (χ0v) is 33.7. The van der Waals surface area contributed by atoms with E-state index < -0.39 is 5.91 Å². The number of aromatic nitrogens is 2. The molecule has 2 amide bonds. The lowest BCUT2D eigenvalue weighted by Gasteiger charge is -2.68. The van der Waals surface area contributed by atoms with E-state index in [-0.39, 0.29) is 33.4 Å². The average Bonchev–Trinajstić information content (AvgIpc) is 3.51. The maximum Gasteiger partial charge on any atom is 0.267 e. The Bertz CT molecular complexity index is 2170. The molecule has 4 aliphatic carbocycles. The van der Waals surface area contributed by atoms with Crippen LogP contribution in [0.1, 0.15) is 94.9 Å². The summed E-state index contributed by atoms with van der Waals surface area (Å²) < 4.78 is 0.969. The first-order valence-corrected chi connectivity index (χ1v) is 19.5. The highest BCUT2D eigenvalue weighted by atomic mass is 32.1. The molecule has 2 atom stereocenters. The maximum absolute atomic E-state index is 13.7. The molecule has 4 saturated carbocycles. The molecular formula is C44H53N7O3S. The van der Waals surface area contributed by atoms with Crippen molar-refractivity contribution < 1.29 is 14.4 Å². The molecule has 10 nitrogen and oxygen atoms in total. The third-order valence-electron chi connectivity index (χ3n) is 11.3. The summed E-state index contributed by atoms with van der Waals surface area (Å²) in [5.74, 6) is -1.05. The lowest BCUT2D eigenvalue weighted by molar-refractivity contribution is -0.259. The van der Waals surface area contributed by atoms with E-state index in [1.807, 2.05) is 52.1 Å². The van der Waals surface area contributed by atoms with Gasteiger partial charge in [0.1, 0.15) is 5.69 Å². The Morgan fingerprint density at radius 3 is 2.33 bits per heavy atom. The molecule has 4 aliphatic rings. The number of nitrogens with zero attached hydrogens (tertiary/aromatic N) is 3. The SMILES string of the molecule is C=C\C(=C/C(C(=C)C)=C(/C=C\C)C(=O)Nc1nc2ccccc2s1)c1ccc(C(=CN)C(C)=NCC23CC4(C)CC(C)(C2)CC(ONC)(C4)C3)c(C(N)=O)n1. The smallest absolute Gasteiger partial charge is 0.267 e. The molecule has 7 rings (SSSR count). The summed E-state index contributed by atoms with van der Waals surface area (Å²) in [5.41, 5.74) is 20.7. The molecule has 0 saturated heterocycles. The Kier molecular flexibility index (Phi) is 11.0. The van der Waals surface area contributed by atoms with Gasteiger partial charge in [0.2, 0.25) is 0 Å². The van der Waals surface area contributed by atoms with Crippen LogP contribution in [0.4, 0.5) is 5.13 Å². The minimum absolute atomic E-state index is 0.0000315. The number of amides is 2. The summed E-state index contributed by atoms with van der Waals surface area (Å²) in [7, 11) is 1.85. The van der Waals surface area contributed by atoms with Crippen LogP contribution in [-0.4, -0.2) is 46.7 Å². The third kappa shape index (κ3) is 8.06. The van der Waals surface area contributed by atoms with E-state index in [0.29, 0.717) is 56.5 Å². The van der Waals surface area contributed by atoms with Gasteiger partial charge in [0.05, 0.1) is 21.5 Å². The number of hydrogen-bond acceptors (Lipinski definition) is 9. The number of carbonyl (C=O) groups excluding carboxylic acids is 2. The van der Waals surface area contributed by atoms with Gasteiger partial charge >= 0.3 is 0 Å². The molecule has 1 aromatic carbocycles. The van der Waals surface area contributed by atoms with Crippen molar-refractivity contribution in [3.05, 3.63) is 114 Å². The second-order valence-electron chi connectivity index (χ2n) is 16.5. The molecule has 2 heterocycles. The van der Waals surface area contributed by atoms with Gasteiger partial charge in [-0.15, -0.1) is 0 Å². The lowest BCUT2D eigenvalue weighted by Crippen LogP contribution is -2.65. The van der Waals surface area contributed by atoms with Crippen molar-refractivity contribution in [2.24, 2.45) is 32.7 Å². The third-order valence-corrected chi connectivity index (χ3v) is 12.2. The van der Waals surface area contributed by atoms with Crippen molar-refractivity contribution in [3.8, 4) is 0 Å². The molecule has 6 N–H and O–H groups in total. The van der Waals surface area contributed by atoms with Crippen LogP contribution in [0.15, 0.2) is 102 Å². The minimum Gasteiger partial charge on any atom is -0.404 e. The number of benzene rings is 1. The highest BCUT2D eigenvalue weighted by Gasteiger charge is 2.66. The minimum atomic E-state index is -0.707. The number of hydrogen-bond donors (Lipinski definition) is 4. The number of anilines is 1. The van der Waals surface area contributed by atoms with Crippen molar-refractivity contribution >= 4 is 55.4 Å². The summed E-state index contributed by atoms with van der Waals surface area (Å²) in [6.07, 6.45) is 14.8. The Hall–Kier alpha value is -4.97. The number of carbonyl (C=O) groups is 2. The highest BCUT2D eigenvalue weighted by molar-refractivity contribution is 7.22. The number of rotatable bonds is 14. The molecule has 0 radical (unpaired) electrons. The first kappa shape index (κ1) is 39.7. The standard InChI is InChI=1S/C44H53N7O3S/c1-9-13-31(39(53)51-40-50-35-14-11-12-15-36(35)55-40)32(27(3)4)18-29(10-2)34-17-16-30(37(49-34)38(46)52)33(19-45)28(5)48-26-43-21-41(6)20-42(7,22-43)24-44(23-41,25-43)54-47-8/h9-19,47H,2-3,20-26,45H2,1,4-8H3,(H2,46,52)(H,50,51,53)/b13-9-,29-18+,32-31+,33-19?,48-28?. The first-order valence-electron chi connectivity index (χ1n) is 18.7. The van der Waals surface area contributed by atoms with E-state index in [9.17, 15) is 9.59 Å². The van der Waals surface area contributed by atoms with Gasteiger partial charge in [-0.1, -0.05) is 74.3 Å². The number of aliphatic imine (C=N–C) groups is 1. The molecule has 4 fully saturated rings. The Labute approximate surface area is 328 Å². The van der Waals surface area contributed by atoms with E-state index in [2.05, 4.69) is 42.8 Å². The molecule has 288 valence electrons. The van der Waals surface area contributed by atoms with Crippen molar-refractivity contribution in [1.82, 2.24) is 15.4 Å². The van der Waals surface area contributed by atoms with Crippen molar-refractivity contribution in [2.45, 2.75) is 78.7 Å². The zero-order valence-electron chi connectivity index (χ0n) is 32.8. The highest BCUT2D eigenvalue weighted by Crippen LogP contribution is 2.71. The van der Waals surface area contributed by atoms with E-state index in [0.717, 1.165) is 42.3 Å². The summed E-state index contributed by atoms with van der Waals surface area (Å²) in [6, 6.07) is 11.3. The first-order chi connectivity index (χ1) is 26.1. The fourth-order valence-electron chi connectivity index (χ4n) is 10.5. The van der Waals surface area contributed by atoms with Gasteiger partial charge in [-0.2, -0.15) is 0 Å². The largest absolute Gasteiger partial charge is 0.404 e. The van der Waals surface area contributed by atoms with Gasteiger partial charge in [-0.05, 0) is 111 Å². The number of para-hydroxylation sites is 1. The second kappa shape index (κ2) is 15.3. The zero-order chi connectivity index (χ0) is 39.8. The van der Waals surface area contributed by atoms with Crippen molar-refractivity contribution in [3.63, 3.8) is 0 Å². The van der Waals surface area contributed by atoms with E-state index in [4.69, 9.17) is 26.3 Å². The second-order valence-corrected chi connectivity index (χ2v) is 17.5. The summed E-state index contributed by atoms with van der Waals surface area (Å²) in [6.45, 7) is 19.2. The van der Waals surface area contributed by atoms with Crippen LogP contribution < -0.4 is 22.3 Å². The predicted molar refractivity (Wildman–Crippen MR) is 225 cm³/mol. The summed E-state index contributed by atoms with van der Waals surface area (Å²) in [4.78, 5) is 47.5. The number of hydroxylamine groups is 1. The van der Waals surface area contributed by atoms with Gasteiger partial charge in [0.25, 0.3) is 11.8 Å². The Morgan fingerprint density at radius 1 is 1.02 bits per heavy atom. The van der Waals surface area contributed by atoms with Crippen LogP contribution in [0, 0.1) is 16.2 Å². The topological polar surface area (TPSA) is 158 Å². The van der Waals surface area contributed by atoms with Crippen molar-refractivity contribution in [1.29, 1.82) is 0 Å². The normalized spacial score (nSPS) is 27.1. The van der Waals surface area contributed by atoms with Gasteiger partial charge < -0.3 is 11.5 Å². The van der Waals surface area contributed by atoms with E-state index >= 15 is 0 Å². The molecule has 0 aliphatic heterocycles. The number of thiazole rings is 1. The Morgan fingerprint density at radius 2 is 1.73 bits per heavy atom. The molecule has 11 heteroatoms. The van der Waals surface area contributed by atoms with Gasteiger partial charge in [-0.3, -0.25) is 24.7 Å². The van der Waals surface area contributed by atoms with E-state index in [1.54, 1.807) is 36.4 Å². The van der Waals surface area contributed by atoms with Crippen LogP contribution in [0.5, 0.6) is 0 Å². The maximum atomic E-state index is 13.7. The lowest BCUT2D eigenvalue weighted by atomic mass is 9.39. The molecule has 3 aromatic rings. The number of fused-ring (bicyclic) bond motifs is 1. The van der Waals surface area contributed by atoms with Crippen LogP contribution in [0.3, 0.4) is 0 Å². The molecule has 4 bridgehead atoms. The fraction of sp³-hybridized carbons (Fsp3) is 0.386. The fourth-order valence-corrected chi connectivity index (χ4v) is 11.4. The number of nitrogens with two attached hydrogens (primary N) is 2. The van der Waals surface area contributed by atoms with Crippen LogP contribution >= 0.6 is 11.3 Å². The number of allylic oxidation sites excluding steroid dienone is 7. The van der Waals surface area contributed by atoms with Crippen LogP contribution in [0.25, 0.3) is 21.4 Å². The van der Waals surface area contributed by atoms with Gasteiger partial charge in [0.15, 0.2) is 5.13 Å². The molecular weight excluding hydrogens is 707 g/mol. The predicted octanol–water partition coefficient (Wildman–Crippen LogP) is 8.48. The van der Waals surface area contributed by atoms with E-state index in [1.165, 1.54) is 24.0 Å². The number of pyridine rings is 1. The monoisotopic (exact) mass is 759 g/mol. The molecule has 0 spiro atoms. The molecule has 2 unspecified atom stereocenters. The average molecular weight is 760 g/mol. The molecule has 2 aromatic heterocycles.